The van der Waals surface area contributed by atoms with Crippen LogP contribution in [0.3, 0.4) is 0 Å². The van der Waals surface area contributed by atoms with Gasteiger partial charge in [0, 0.05) is 18.2 Å². The molecule has 0 N–H and O–H groups in total. The van der Waals surface area contributed by atoms with Crippen LogP contribution in [-0.2, 0) is 17.8 Å². The summed E-state index contributed by atoms with van der Waals surface area (Å²) in [6, 6.07) is 16.1. The fraction of sp³-hybridized carbons (Fsp3) is 0.250. The molecular formula is C24H20ClN5O3. The molecule has 2 aromatic heterocycles. The van der Waals surface area contributed by atoms with Gasteiger partial charge in [0.05, 0.1) is 36.3 Å². The molecule has 0 saturated carbocycles. The minimum absolute atomic E-state index is 0.179. The summed E-state index contributed by atoms with van der Waals surface area (Å²) in [5.74, 6) is 0. The molecule has 0 spiro atoms. The van der Waals surface area contributed by atoms with Gasteiger partial charge in [-0.3, -0.25) is 9.36 Å². The molecule has 0 amide bonds. The van der Waals surface area contributed by atoms with Crippen LogP contribution in [0.1, 0.15) is 24.0 Å². The van der Waals surface area contributed by atoms with E-state index in [2.05, 4.69) is 11.1 Å². The molecule has 4 aromatic rings. The molecule has 3 heterocycles. The molecule has 1 atom stereocenters. The molecule has 2 aromatic carbocycles. The van der Waals surface area contributed by atoms with Gasteiger partial charge in [0.15, 0.2) is 11.2 Å². The number of imidazole rings is 1. The molecule has 0 unspecified atom stereocenters. The third kappa shape index (κ3) is 3.97. The molecule has 166 valence electrons. The molecule has 9 heteroatoms. The normalized spacial score (nSPS) is 15.7. The monoisotopic (exact) mass is 461 g/mol. The van der Waals surface area contributed by atoms with E-state index in [4.69, 9.17) is 21.6 Å². The summed E-state index contributed by atoms with van der Waals surface area (Å²) in [4.78, 5) is 31.4. The van der Waals surface area contributed by atoms with Crippen molar-refractivity contribution in [1.82, 2.24) is 18.7 Å². The summed E-state index contributed by atoms with van der Waals surface area (Å²) in [6.45, 7) is 1.18. The number of nitrogens with zero attached hydrogens (tertiary/aromatic N) is 5. The van der Waals surface area contributed by atoms with Crippen LogP contribution in [0.15, 0.2) is 64.4 Å². The predicted octanol–water partition coefficient (Wildman–Crippen LogP) is 3.10. The Morgan fingerprint density at radius 1 is 1.12 bits per heavy atom. The van der Waals surface area contributed by atoms with Gasteiger partial charge in [0.25, 0.3) is 5.56 Å². The summed E-state index contributed by atoms with van der Waals surface area (Å²) in [5, 5.41) is 9.58. The zero-order chi connectivity index (χ0) is 22.9. The number of benzene rings is 2. The van der Waals surface area contributed by atoms with Gasteiger partial charge >= 0.3 is 5.69 Å². The van der Waals surface area contributed by atoms with E-state index in [0.29, 0.717) is 34.9 Å². The lowest BCUT2D eigenvalue weighted by atomic mass is 10.1. The van der Waals surface area contributed by atoms with Gasteiger partial charge in [-0.2, -0.15) is 5.26 Å². The Balaban J connectivity index is 1.69. The van der Waals surface area contributed by atoms with E-state index in [1.807, 2.05) is 12.1 Å². The SMILES string of the molecule is N#Cc1ccc(Cn2cnc3c2c(=O)n(C[C@@H]2CCCO2)c(=O)n3-c2ccc(Cl)cc2)cc1. The highest BCUT2D eigenvalue weighted by atomic mass is 35.5. The molecule has 0 radical (unpaired) electrons. The van der Waals surface area contributed by atoms with Crippen molar-refractivity contribution in [3.8, 4) is 11.8 Å². The summed E-state index contributed by atoms with van der Waals surface area (Å²) >= 11 is 6.04. The summed E-state index contributed by atoms with van der Waals surface area (Å²) < 4.78 is 10.1. The van der Waals surface area contributed by atoms with E-state index in [9.17, 15) is 9.59 Å². The first kappa shape index (κ1) is 21.2. The lowest BCUT2D eigenvalue weighted by molar-refractivity contribution is 0.0950. The lowest BCUT2D eigenvalue weighted by Crippen LogP contribution is -2.42. The minimum Gasteiger partial charge on any atom is -0.376 e. The number of hydrogen-bond donors (Lipinski definition) is 0. The van der Waals surface area contributed by atoms with E-state index >= 15 is 0 Å². The van der Waals surface area contributed by atoms with E-state index in [0.717, 1.165) is 18.4 Å². The molecule has 0 aliphatic carbocycles. The molecule has 33 heavy (non-hydrogen) atoms. The van der Waals surface area contributed by atoms with E-state index in [1.165, 1.54) is 9.13 Å². The third-order valence-electron chi connectivity index (χ3n) is 5.83. The number of hydrogen-bond acceptors (Lipinski definition) is 5. The molecule has 1 saturated heterocycles. The fourth-order valence-electron chi connectivity index (χ4n) is 4.16. The van der Waals surface area contributed by atoms with Crippen molar-refractivity contribution < 1.29 is 4.74 Å². The van der Waals surface area contributed by atoms with Crippen LogP contribution in [0, 0.1) is 11.3 Å². The van der Waals surface area contributed by atoms with Crippen molar-refractivity contribution in [2.24, 2.45) is 0 Å². The van der Waals surface area contributed by atoms with Crippen LogP contribution < -0.4 is 11.2 Å². The van der Waals surface area contributed by atoms with Crippen molar-refractivity contribution in [3.63, 3.8) is 0 Å². The van der Waals surface area contributed by atoms with E-state index < -0.39 is 11.2 Å². The molecule has 1 aliphatic heterocycles. The summed E-state index contributed by atoms with van der Waals surface area (Å²) in [5.41, 5.74) is 1.78. The zero-order valence-corrected chi connectivity index (χ0v) is 18.4. The number of rotatable bonds is 5. The third-order valence-corrected chi connectivity index (χ3v) is 6.08. The molecule has 5 rings (SSSR count). The van der Waals surface area contributed by atoms with Gasteiger partial charge in [-0.05, 0) is 54.8 Å². The van der Waals surface area contributed by atoms with Gasteiger partial charge in [-0.15, -0.1) is 0 Å². The maximum absolute atomic E-state index is 13.5. The van der Waals surface area contributed by atoms with Gasteiger partial charge in [-0.25, -0.2) is 14.3 Å². The van der Waals surface area contributed by atoms with Crippen LogP contribution in [-0.4, -0.2) is 31.4 Å². The van der Waals surface area contributed by atoms with Gasteiger partial charge in [-0.1, -0.05) is 23.7 Å². The highest BCUT2D eigenvalue weighted by Gasteiger charge is 2.23. The van der Waals surface area contributed by atoms with Crippen LogP contribution in [0.5, 0.6) is 0 Å². The molecule has 1 aliphatic rings. The predicted molar refractivity (Wildman–Crippen MR) is 124 cm³/mol. The smallest absolute Gasteiger partial charge is 0.337 e. The fourth-order valence-corrected chi connectivity index (χ4v) is 4.28. The number of fused-ring (bicyclic) bond motifs is 1. The van der Waals surface area contributed by atoms with Crippen molar-refractivity contribution >= 4 is 22.8 Å². The number of halogens is 1. The van der Waals surface area contributed by atoms with Gasteiger partial charge in [0.2, 0.25) is 0 Å². The Labute approximate surface area is 193 Å². The minimum atomic E-state index is -0.464. The van der Waals surface area contributed by atoms with E-state index in [-0.39, 0.29) is 18.3 Å². The second-order valence-corrected chi connectivity index (χ2v) is 8.44. The van der Waals surface area contributed by atoms with Gasteiger partial charge < -0.3 is 9.30 Å². The van der Waals surface area contributed by atoms with Crippen molar-refractivity contribution in [3.05, 3.63) is 91.8 Å². The molecular weight excluding hydrogens is 442 g/mol. The summed E-state index contributed by atoms with van der Waals surface area (Å²) in [7, 11) is 0. The van der Waals surface area contributed by atoms with Crippen LogP contribution in [0.4, 0.5) is 0 Å². The zero-order valence-electron chi connectivity index (χ0n) is 17.6. The lowest BCUT2D eigenvalue weighted by Gasteiger charge is -2.15. The molecule has 0 bridgehead atoms. The molecule has 1 fully saturated rings. The average molecular weight is 462 g/mol. The number of ether oxygens (including phenoxy) is 1. The van der Waals surface area contributed by atoms with Crippen LogP contribution in [0.25, 0.3) is 16.9 Å². The number of aromatic nitrogens is 4. The van der Waals surface area contributed by atoms with Crippen molar-refractivity contribution in [2.75, 3.05) is 6.61 Å². The average Bonchev–Trinajstić information content (AvgIpc) is 3.49. The first-order valence-corrected chi connectivity index (χ1v) is 11.0. The topological polar surface area (TPSA) is 94.8 Å². The van der Waals surface area contributed by atoms with Crippen molar-refractivity contribution in [1.29, 1.82) is 5.26 Å². The first-order chi connectivity index (χ1) is 16.0. The quantitative estimate of drug-likeness (QED) is 0.455. The maximum Gasteiger partial charge on any atom is 0.337 e. The Bertz CT molecular complexity index is 1470. The Morgan fingerprint density at radius 3 is 2.55 bits per heavy atom. The Morgan fingerprint density at radius 2 is 1.88 bits per heavy atom. The Kier molecular flexibility index (Phi) is 5.58. The Hall–Kier alpha value is -3.67. The maximum atomic E-state index is 13.5. The van der Waals surface area contributed by atoms with Crippen LogP contribution in [0.2, 0.25) is 5.02 Å². The largest absolute Gasteiger partial charge is 0.376 e. The standard InChI is InChI=1S/C24H20ClN5O3/c25-18-7-9-19(10-8-18)30-22-21(23(31)29(24(30)32)14-20-2-1-11-33-20)28(15-27-22)13-17-5-3-16(12-26)4-6-17/h3-10,15,20H,1-2,11,13-14H2/t20-/m0/s1. The van der Waals surface area contributed by atoms with Crippen molar-refractivity contribution in [2.45, 2.75) is 32.0 Å². The highest BCUT2D eigenvalue weighted by molar-refractivity contribution is 6.30. The second kappa shape index (κ2) is 8.70. The number of nitriles is 1. The highest BCUT2D eigenvalue weighted by Crippen LogP contribution is 2.18. The van der Waals surface area contributed by atoms with Crippen LogP contribution >= 0.6 is 11.6 Å². The second-order valence-electron chi connectivity index (χ2n) is 8.00. The van der Waals surface area contributed by atoms with E-state index in [1.54, 1.807) is 47.3 Å². The summed E-state index contributed by atoms with van der Waals surface area (Å²) in [6.07, 6.45) is 3.09. The first-order valence-electron chi connectivity index (χ1n) is 10.6. The molecule has 8 nitrogen and oxygen atoms in total. The van der Waals surface area contributed by atoms with Gasteiger partial charge in [0.1, 0.15) is 0 Å².